The SMILES string of the molecule is Cc1cc(Nc2cc(F)c3ncccc3n2)ccn1. The summed E-state index contributed by atoms with van der Waals surface area (Å²) in [5, 5.41) is 3.06. The first-order valence-electron chi connectivity index (χ1n) is 5.83. The van der Waals surface area contributed by atoms with Crippen LogP contribution in [-0.4, -0.2) is 15.0 Å². The molecule has 19 heavy (non-hydrogen) atoms. The van der Waals surface area contributed by atoms with Crippen LogP contribution in [0.5, 0.6) is 0 Å². The van der Waals surface area contributed by atoms with Crippen LogP contribution in [-0.2, 0) is 0 Å². The molecule has 0 aliphatic heterocycles. The number of rotatable bonds is 2. The van der Waals surface area contributed by atoms with Gasteiger partial charge in [0.2, 0.25) is 0 Å². The first-order chi connectivity index (χ1) is 9.22. The number of halogens is 1. The molecule has 0 saturated carbocycles. The quantitative estimate of drug-likeness (QED) is 0.762. The van der Waals surface area contributed by atoms with Crippen molar-refractivity contribution in [3.63, 3.8) is 0 Å². The van der Waals surface area contributed by atoms with E-state index in [-0.39, 0.29) is 11.3 Å². The highest BCUT2D eigenvalue weighted by molar-refractivity contribution is 5.77. The Hall–Kier alpha value is -2.56. The lowest BCUT2D eigenvalue weighted by molar-refractivity contribution is 0.636. The summed E-state index contributed by atoms with van der Waals surface area (Å²) >= 11 is 0. The average Bonchev–Trinajstić information content (AvgIpc) is 2.39. The summed E-state index contributed by atoms with van der Waals surface area (Å²) in [4.78, 5) is 12.4. The van der Waals surface area contributed by atoms with E-state index >= 15 is 0 Å². The van der Waals surface area contributed by atoms with Crippen molar-refractivity contribution in [2.24, 2.45) is 0 Å². The van der Waals surface area contributed by atoms with Crippen molar-refractivity contribution < 1.29 is 4.39 Å². The fraction of sp³-hybridized carbons (Fsp3) is 0.0714. The van der Waals surface area contributed by atoms with Crippen molar-refractivity contribution in [1.29, 1.82) is 0 Å². The number of hydrogen-bond donors (Lipinski definition) is 1. The third-order valence-electron chi connectivity index (χ3n) is 2.69. The molecular formula is C14H11FN4. The maximum absolute atomic E-state index is 13.9. The third kappa shape index (κ3) is 2.35. The van der Waals surface area contributed by atoms with E-state index < -0.39 is 0 Å². The summed E-state index contributed by atoms with van der Waals surface area (Å²) in [6, 6.07) is 8.47. The van der Waals surface area contributed by atoms with Gasteiger partial charge in [-0.15, -0.1) is 0 Å². The molecule has 0 aliphatic rings. The van der Waals surface area contributed by atoms with Crippen LogP contribution in [0, 0.1) is 12.7 Å². The lowest BCUT2D eigenvalue weighted by Gasteiger charge is -2.07. The van der Waals surface area contributed by atoms with Gasteiger partial charge < -0.3 is 5.32 Å². The monoisotopic (exact) mass is 254 g/mol. The molecule has 0 unspecified atom stereocenters. The van der Waals surface area contributed by atoms with Crippen molar-refractivity contribution in [2.45, 2.75) is 6.92 Å². The molecule has 3 rings (SSSR count). The van der Waals surface area contributed by atoms with Gasteiger partial charge in [-0.05, 0) is 31.2 Å². The van der Waals surface area contributed by atoms with Crippen LogP contribution >= 0.6 is 0 Å². The Balaban J connectivity index is 2.02. The van der Waals surface area contributed by atoms with Crippen molar-refractivity contribution >= 4 is 22.5 Å². The van der Waals surface area contributed by atoms with Gasteiger partial charge in [0.15, 0.2) is 5.82 Å². The van der Waals surface area contributed by atoms with E-state index in [2.05, 4.69) is 20.3 Å². The number of aryl methyl sites for hydroxylation is 1. The van der Waals surface area contributed by atoms with Gasteiger partial charge >= 0.3 is 0 Å². The molecule has 0 spiro atoms. The van der Waals surface area contributed by atoms with E-state index in [4.69, 9.17) is 0 Å². The third-order valence-corrected chi connectivity index (χ3v) is 2.69. The van der Waals surface area contributed by atoms with Gasteiger partial charge in [0.05, 0.1) is 5.52 Å². The van der Waals surface area contributed by atoms with Gasteiger partial charge in [0.25, 0.3) is 0 Å². The lowest BCUT2D eigenvalue weighted by atomic mass is 10.3. The van der Waals surface area contributed by atoms with Crippen LogP contribution < -0.4 is 5.32 Å². The van der Waals surface area contributed by atoms with Crippen LogP contribution in [0.2, 0.25) is 0 Å². The van der Waals surface area contributed by atoms with Crippen LogP contribution in [0.15, 0.2) is 42.7 Å². The molecule has 94 valence electrons. The second-order valence-corrected chi connectivity index (χ2v) is 4.17. The van der Waals surface area contributed by atoms with Gasteiger partial charge in [0, 0.05) is 29.8 Å². The van der Waals surface area contributed by atoms with E-state index in [1.165, 1.54) is 6.07 Å². The van der Waals surface area contributed by atoms with Crippen molar-refractivity contribution in [2.75, 3.05) is 5.32 Å². The van der Waals surface area contributed by atoms with Crippen molar-refractivity contribution in [3.05, 3.63) is 54.2 Å². The summed E-state index contributed by atoms with van der Waals surface area (Å²) in [6.07, 6.45) is 3.24. The number of nitrogens with one attached hydrogen (secondary N) is 1. The van der Waals surface area contributed by atoms with Gasteiger partial charge in [0.1, 0.15) is 11.3 Å². The minimum Gasteiger partial charge on any atom is -0.340 e. The highest BCUT2D eigenvalue weighted by Gasteiger charge is 2.06. The van der Waals surface area contributed by atoms with E-state index in [1.54, 1.807) is 30.6 Å². The van der Waals surface area contributed by atoms with Crippen LogP contribution in [0.3, 0.4) is 0 Å². The largest absolute Gasteiger partial charge is 0.340 e. The summed E-state index contributed by atoms with van der Waals surface area (Å²) in [6.45, 7) is 1.89. The minimum absolute atomic E-state index is 0.277. The predicted octanol–water partition coefficient (Wildman–Crippen LogP) is 3.22. The van der Waals surface area contributed by atoms with Crippen molar-refractivity contribution in [1.82, 2.24) is 15.0 Å². The first-order valence-corrected chi connectivity index (χ1v) is 5.83. The van der Waals surface area contributed by atoms with E-state index in [9.17, 15) is 4.39 Å². The molecule has 0 aliphatic carbocycles. The van der Waals surface area contributed by atoms with Crippen LogP contribution in [0.25, 0.3) is 11.0 Å². The molecule has 4 nitrogen and oxygen atoms in total. The number of aromatic nitrogens is 3. The molecular weight excluding hydrogens is 243 g/mol. The second kappa shape index (κ2) is 4.61. The van der Waals surface area contributed by atoms with E-state index in [1.807, 2.05) is 13.0 Å². The smallest absolute Gasteiger partial charge is 0.154 e. The molecule has 3 heterocycles. The molecule has 0 saturated heterocycles. The Morgan fingerprint density at radius 3 is 2.84 bits per heavy atom. The lowest BCUT2D eigenvalue weighted by Crippen LogP contribution is -1.97. The summed E-state index contributed by atoms with van der Waals surface area (Å²) in [7, 11) is 0. The maximum Gasteiger partial charge on any atom is 0.154 e. The molecule has 0 aromatic carbocycles. The Morgan fingerprint density at radius 2 is 2.00 bits per heavy atom. The number of anilines is 2. The molecule has 0 fully saturated rings. The highest BCUT2D eigenvalue weighted by Crippen LogP contribution is 2.20. The van der Waals surface area contributed by atoms with Crippen LogP contribution in [0.1, 0.15) is 5.69 Å². The molecule has 3 aromatic rings. The van der Waals surface area contributed by atoms with Gasteiger partial charge in [-0.25, -0.2) is 9.37 Å². The van der Waals surface area contributed by atoms with Crippen molar-refractivity contribution in [3.8, 4) is 0 Å². The molecule has 0 radical (unpaired) electrons. The van der Waals surface area contributed by atoms with Gasteiger partial charge in [-0.2, -0.15) is 0 Å². The standard InChI is InChI=1S/C14H11FN4/c1-9-7-10(4-6-16-9)18-13-8-11(15)14-12(19-13)3-2-5-17-14/h2-8H,1H3,(H,16,18,19). The molecule has 0 bridgehead atoms. The first kappa shape index (κ1) is 11.5. The molecule has 0 atom stereocenters. The topological polar surface area (TPSA) is 50.7 Å². The Kier molecular flexibility index (Phi) is 2.79. The zero-order chi connectivity index (χ0) is 13.2. The fourth-order valence-electron chi connectivity index (χ4n) is 1.86. The van der Waals surface area contributed by atoms with Gasteiger partial charge in [-0.1, -0.05) is 0 Å². The van der Waals surface area contributed by atoms with Crippen LogP contribution in [0.4, 0.5) is 15.9 Å². The van der Waals surface area contributed by atoms with E-state index in [0.717, 1.165) is 11.4 Å². The summed E-state index contributed by atoms with van der Waals surface area (Å²) in [5.74, 6) is 0.0579. The Labute approximate surface area is 109 Å². The van der Waals surface area contributed by atoms with E-state index in [0.29, 0.717) is 11.3 Å². The second-order valence-electron chi connectivity index (χ2n) is 4.17. The fourth-order valence-corrected chi connectivity index (χ4v) is 1.86. The highest BCUT2D eigenvalue weighted by atomic mass is 19.1. The molecule has 3 aromatic heterocycles. The average molecular weight is 254 g/mol. The number of fused-ring (bicyclic) bond motifs is 1. The summed E-state index contributed by atoms with van der Waals surface area (Å²) < 4.78 is 13.9. The Bertz CT molecular complexity index is 742. The number of nitrogens with zero attached hydrogens (tertiary/aromatic N) is 3. The minimum atomic E-state index is -0.390. The zero-order valence-corrected chi connectivity index (χ0v) is 10.3. The number of pyridine rings is 3. The summed E-state index contributed by atoms with van der Waals surface area (Å²) in [5.41, 5.74) is 2.50. The Morgan fingerprint density at radius 1 is 1.11 bits per heavy atom. The molecule has 1 N–H and O–H groups in total. The maximum atomic E-state index is 13.9. The molecule has 5 heteroatoms. The molecule has 0 amide bonds. The zero-order valence-electron chi connectivity index (χ0n) is 10.3. The van der Waals surface area contributed by atoms with Gasteiger partial charge in [-0.3, -0.25) is 9.97 Å². The number of hydrogen-bond acceptors (Lipinski definition) is 4. The predicted molar refractivity (Wildman–Crippen MR) is 71.8 cm³/mol. The normalized spacial score (nSPS) is 10.6.